The zero-order valence-electron chi connectivity index (χ0n) is 23.5. The van der Waals surface area contributed by atoms with Gasteiger partial charge in [0.2, 0.25) is 11.8 Å². The van der Waals surface area contributed by atoms with Gasteiger partial charge in [0.1, 0.15) is 18.5 Å². The molecule has 0 saturated heterocycles. The molecule has 42 heavy (non-hydrogen) atoms. The van der Waals surface area contributed by atoms with Crippen LogP contribution in [0.1, 0.15) is 54.4 Å². The van der Waals surface area contributed by atoms with E-state index < -0.39 is 24.2 Å². The number of methoxy groups -OCH3 is 1. The fourth-order valence-electron chi connectivity index (χ4n) is 6.78. The zero-order chi connectivity index (χ0) is 29.8. The summed E-state index contributed by atoms with van der Waals surface area (Å²) in [7, 11) is 1.46. The van der Waals surface area contributed by atoms with Crippen molar-refractivity contribution in [2.24, 2.45) is 17.8 Å². The fraction of sp³-hybridized carbons (Fsp3) is 0.516. The molecule has 10 nitrogen and oxygen atoms in total. The highest BCUT2D eigenvalue weighted by Gasteiger charge is 2.44. The van der Waals surface area contributed by atoms with Gasteiger partial charge in [-0.15, -0.1) is 0 Å². The smallest absolute Gasteiger partial charge is 0.247 e. The van der Waals surface area contributed by atoms with Crippen LogP contribution in [-0.2, 0) is 16.1 Å². The van der Waals surface area contributed by atoms with Crippen molar-refractivity contribution in [3.05, 3.63) is 57.1 Å². The molecule has 2 bridgehead atoms. The first-order valence-electron chi connectivity index (χ1n) is 14.4. The summed E-state index contributed by atoms with van der Waals surface area (Å²) in [5.41, 5.74) is 1.53. The van der Waals surface area contributed by atoms with Crippen LogP contribution in [0.2, 0.25) is 0 Å². The SMILES string of the molecule is COc1cc(C=O)cc(I)c1OC1C=C(C(=O)NCCO)CC(N(Cc2ccoc2)C(=O)CC2CC3CCC2C3)C1O. The molecule has 2 fully saturated rings. The Balaban J connectivity index is 1.47. The molecule has 2 saturated carbocycles. The zero-order valence-corrected chi connectivity index (χ0v) is 25.7. The van der Waals surface area contributed by atoms with E-state index in [9.17, 15) is 24.6 Å². The van der Waals surface area contributed by atoms with E-state index in [-0.39, 0.29) is 32.0 Å². The number of nitrogens with zero attached hydrogens (tertiary/aromatic N) is 1. The molecule has 3 aliphatic rings. The molecule has 1 aromatic carbocycles. The molecule has 6 atom stereocenters. The number of aliphatic hydroxyl groups is 2. The van der Waals surface area contributed by atoms with Gasteiger partial charge in [-0.2, -0.15) is 0 Å². The monoisotopic (exact) mass is 692 g/mol. The third-order valence-corrected chi connectivity index (χ3v) is 9.63. The van der Waals surface area contributed by atoms with Crippen LogP contribution in [0.15, 0.2) is 46.8 Å². The number of furan rings is 1. The number of carbonyl (C=O) groups excluding carboxylic acids is 3. The summed E-state index contributed by atoms with van der Waals surface area (Å²) in [5.74, 6) is 1.72. The molecule has 0 aliphatic heterocycles. The quantitative estimate of drug-likeness (QED) is 0.227. The number of amides is 2. The Morgan fingerprint density at radius 1 is 1.26 bits per heavy atom. The molecule has 2 amide bonds. The second-order valence-electron chi connectivity index (χ2n) is 11.5. The lowest BCUT2D eigenvalue weighted by Gasteiger charge is -2.41. The van der Waals surface area contributed by atoms with Crippen molar-refractivity contribution in [3.63, 3.8) is 0 Å². The number of ether oxygens (including phenoxy) is 2. The highest BCUT2D eigenvalue weighted by atomic mass is 127. The number of nitrogens with one attached hydrogen (secondary N) is 1. The second kappa shape index (κ2) is 13.6. The number of aldehydes is 1. The molecule has 3 aliphatic carbocycles. The van der Waals surface area contributed by atoms with Crippen molar-refractivity contribution in [3.8, 4) is 11.5 Å². The maximum Gasteiger partial charge on any atom is 0.247 e. The average molecular weight is 693 g/mol. The predicted molar refractivity (Wildman–Crippen MR) is 161 cm³/mol. The largest absolute Gasteiger partial charge is 0.493 e. The van der Waals surface area contributed by atoms with Crippen molar-refractivity contribution >= 4 is 40.7 Å². The first kappa shape index (κ1) is 30.6. The van der Waals surface area contributed by atoms with Crippen molar-refractivity contribution in [2.75, 3.05) is 20.3 Å². The third kappa shape index (κ3) is 6.68. The van der Waals surface area contributed by atoms with Gasteiger partial charge in [-0.05, 0) is 83.9 Å². The Labute approximate surface area is 258 Å². The number of carbonyl (C=O) groups is 3. The highest BCUT2D eigenvalue weighted by Crippen LogP contribution is 2.50. The minimum Gasteiger partial charge on any atom is -0.493 e. The van der Waals surface area contributed by atoms with Gasteiger partial charge < -0.3 is 34.3 Å². The molecule has 2 aromatic rings. The average Bonchev–Trinajstić information content (AvgIpc) is 3.76. The van der Waals surface area contributed by atoms with Crippen LogP contribution in [-0.4, -0.2) is 71.7 Å². The molecule has 1 heterocycles. The van der Waals surface area contributed by atoms with E-state index in [0.717, 1.165) is 18.4 Å². The molecule has 0 radical (unpaired) electrons. The number of benzene rings is 1. The maximum absolute atomic E-state index is 14.0. The van der Waals surface area contributed by atoms with Crippen LogP contribution in [0.4, 0.5) is 0 Å². The second-order valence-corrected chi connectivity index (χ2v) is 12.6. The Kier molecular flexibility index (Phi) is 9.89. The highest BCUT2D eigenvalue weighted by molar-refractivity contribution is 14.1. The van der Waals surface area contributed by atoms with Gasteiger partial charge in [-0.1, -0.05) is 6.42 Å². The summed E-state index contributed by atoms with van der Waals surface area (Å²) in [6, 6.07) is 4.20. The lowest BCUT2D eigenvalue weighted by atomic mass is 9.84. The van der Waals surface area contributed by atoms with Crippen LogP contribution in [0.25, 0.3) is 0 Å². The summed E-state index contributed by atoms with van der Waals surface area (Å²) in [5, 5.41) is 23.7. The molecule has 6 unspecified atom stereocenters. The van der Waals surface area contributed by atoms with E-state index in [4.69, 9.17) is 13.9 Å². The molecule has 1 aromatic heterocycles. The normalized spacial score (nSPS) is 26.4. The molecule has 11 heteroatoms. The third-order valence-electron chi connectivity index (χ3n) is 8.83. The van der Waals surface area contributed by atoms with Gasteiger partial charge in [0, 0.05) is 42.6 Å². The van der Waals surface area contributed by atoms with E-state index in [1.165, 1.54) is 20.0 Å². The van der Waals surface area contributed by atoms with E-state index >= 15 is 0 Å². The standard InChI is InChI=1S/C31H37IN2O8/c1-40-27-11-20(16-36)10-24(32)30(27)42-26-13-23(31(39)33-5-6-35)12-25(29(26)38)34(15-19-4-7-41-17-19)28(37)14-22-9-18-2-3-21(22)8-18/h4,7,10-11,13,16-18,21-22,25-26,29,35,38H,2-3,5-6,8-9,12,14-15H2,1H3,(H,33,39). The first-order valence-corrected chi connectivity index (χ1v) is 15.5. The Hall–Kier alpha value is -2.90. The summed E-state index contributed by atoms with van der Waals surface area (Å²) in [6.45, 7) is 0.0544. The van der Waals surface area contributed by atoms with Gasteiger partial charge in [0.05, 0.1) is 35.9 Å². The molecule has 226 valence electrons. The van der Waals surface area contributed by atoms with Gasteiger partial charge in [-0.3, -0.25) is 14.4 Å². The van der Waals surface area contributed by atoms with Crippen molar-refractivity contribution in [1.29, 1.82) is 0 Å². The van der Waals surface area contributed by atoms with Crippen molar-refractivity contribution in [2.45, 2.75) is 63.3 Å². The fourth-order valence-corrected chi connectivity index (χ4v) is 7.53. The van der Waals surface area contributed by atoms with Gasteiger partial charge in [0.25, 0.3) is 0 Å². The maximum atomic E-state index is 14.0. The van der Waals surface area contributed by atoms with E-state index in [1.807, 2.05) is 22.6 Å². The number of rotatable bonds is 12. The summed E-state index contributed by atoms with van der Waals surface area (Å²) < 4.78 is 17.7. The van der Waals surface area contributed by atoms with Crippen molar-refractivity contribution in [1.82, 2.24) is 10.2 Å². The number of fused-ring (bicyclic) bond motifs is 2. The Morgan fingerprint density at radius 2 is 2.10 bits per heavy atom. The Morgan fingerprint density at radius 3 is 2.74 bits per heavy atom. The topological polar surface area (TPSA) is 139 Å². The molecular formula is C31H37IN2O8. The van der Waals surface area contributed by atoms with Crippen LogP contribution in [0.3, 0.4) is 0 Å². The molecular weight excluding hydrogens is 655 g/mol. The summed E-state index contributed by atoms with van der Waals surface area (Å²) >= 11 is 2.03. The van der Waals surface area contributed by atoms with Crippen LogP contribution >= 0.6 is 22.6 Å². The Bertz CT molecular complexity index is 1310. The first-order chi connectivity index (χ1) is 20.3. The van der Waals surface area contributed by atoms with E-state index in [0.29, 0.717) is 56.7 Å². The molecule has 0 spiro atoms. The van der Waals surface area contributed by atoms with E-state index in [2.05, 4.69) is 5.32 Å². The predicted octanol–water partition coefficient (Wildman–Crippen LogP) is 3.48. The lowest BCUT2D eigenvalue weighted by molar-refractivity contribution is -0.141. The van der Waals surface area contributed by atoms with Gasteiger partial charge >= 0.3 is 0 Å². The van der Waals surface area contributed by atoms with Crippen molar-refractivity contribution < 1.29 is 38.5 Å². The minimum absolute atomic E-state index is 0.0652. The van der Waals surface area contributed by atoms with Gasteiger partial charge in [-0.25, -0.2) is 0 Å². The summed E-state index contributed by atoms with van der Waals surface area (Å²) in [6.07, 6.45) is 8.34. The van der Waals surface area contributed by atoms with Crippen LogP contribution in [0, 0.1) is 21.3 Å². The number of halogens is 1. The number of hydrogen-bond acceptors (Lipinski definition) is 8. The minimum atomic E-state index is -1.18. The number of aliphatic hydroxyl groups excluding tert-OH is 2. The van der Waals surface area contributed by atoms with Crippen LogP contribution in [0.5, 0.6) is 11.5 Å². The van der Waals surface area contributed by atoms with Crippen LogP contribution < -0.4 is 14.8 Å². The molecule has 3 N–H and O–H groups in total. The summed E-state index contributed by atoms with van der Waals surface area (Å²) in [4.78, 5) is 40.2. The number of hydrogen-bond donors (Lipinski definition) is 3. The van der Waals surface area contributed by atoms with Gasteiger partial charge in [0.15, 0.2) is 11.5 Å². The molecule has 5 rings (SSSR count). The van der Waals surface area contributed by atoms with E-state index in [1.54, 1.807) is 41.7 Å². The lowest BCUT2D eigenvalue weighted by Crippen LogP contribution is -2.55.